The van der Waals surface area contributed by atoms with E-state index in [2.05, 4.69) is 10.1 Å². The number of anilines is 1. The highest BCUT2D eigenvalue weighted by atomic mass is 35.5. The Kier molecular flexibility index (Phi) is 5.10. The zero-order valence-electron chi connectivity index (χ0n) is 15.7. The van der Waals surface area contributed by atoms with Crippen LogP contribution in [-0.4, -0.2) is 36.8 Å². The van der Waals surface area contributed by atoms with E-state index in [4.69, 9.17) is 25.6 Å². The Morgan fingerprint density at radius 2 is 1.97 bits per heavy atom. The molecule has 9 heteroatoms. The summed E-state index contributed by atoms with van der Waals surface area (Å²) in [4.78, 5) is 18.5. The van der Waals surface area contributed by atoms with E-state index < -0.39 is 5.82 Å². The van der Waals surface area contributed by atoms with Gasteiger partial charge in [-0.25, -0.2) is 4.39 Å². The molecule has 0 saturated carbocycles. The lowest BCUT2D eigenvalue weighted by molar-refractivity contribution is -0.117. The summed E-state index contributed by atoms with van der Waals surface area (Å²) in [6.07, 6.45) is 0.222. The number of nitrogens with zero attached hydrogens (tertiary/aromatic N) is 3. The van der Waals surface area contributed by atoms with Crippen LogP contribution in [0.2, 0.25) is 5.02 Å². The third kappa shape index (κ3) is 3.63. The molecule has 1 fully saturated rings. The molecule has 2 aromatic carbocycles. The van der Waals surface area contributed by atoms with Crippen LogP contribution in [-0.2, 0) is 4.79 Å². The number of ether oxygens (including phenoxy) is 2. The number of amides is 1. The minimum atomic E-state index is -0.531. The van der Waals surface area contributed by atoms with Crippen molar-refractivity contribution in [1.29, 1.82) is 0 Å². The van der Waals surface area contributed by atoms with Crippen molar-refractivity contribution in [2.24, 2.45) is 0 Å². The Labute approximate surface area is 171 Å². The van der Waals surface area contributed by atoms with Gasteiger partial charge in [0.25, 0.3) is 5.89 Å². The summed E-state index contributed by atoms with van der Waals surface area (Å²) in [7, 11) is 3.10. The summed E-state index contributed by atoms with van der Waals surface area (Å²) in [5, 5.41) is 4.01. The molecule has 0 aliphatic carbocycles. The zero-order chi connectivity index (χ0) is 20.5. The number of hydrogen-bond donors (Lipinski definition) is 0. The first kappa shape index (κ1) is 19.2. The Hall–Kier alpha value is -3.13. The second kappa shape index (κ2) is 7.71. The van der Waals surface area contributed by atoms with E-state index in [0.717, 1.165) is 0 Å². The molecule has 1 amide bonds. The number of rotatable bonds is 5. The van der Waals surface area contributed by atoms with E-state index in [1.165, 1.54) is 18.2 Å². The maximum Gasteiger partial charge on any atom is 0.258 e. The smallest absolute Gasteiger partial charge is 0.258 e. The SMILES string of the molecule is COc1ccc(-c2nc([C@H]3CC(=O)N(c4ccc(F)c(Cl)c4)C3)no2)cc1OC. The zero-order valence-corrected chi connectivity index (χ0v) is 16.4. The van der Waals surface area contributed by atoms with Crippen LogP contribution in [0.15, 0.2) is 40.9 Å². The molecule has 2 heterocycles. The maximum absolute atomic E-state index is 13.4. The fourth-order valence-corrected chi connectivity index (χ4v) is 3.44. The van der Waals surface area contributed by atoms with Gasteiger partial charge < -0.3 is 18.9 Å². The highest BCUT2D eigenvalue weighted by Gasteiger charge is 2.35. The van der Waals surface area contributed by atoms with Crippen molar-refractivity contribution in [3.63, 3.8) is 0 Å². The fourth-order valence-electron chi connectivity index (χ4n) is 3.27. The lowest BCUT2D eigenvalue weighted by atomic mass is 10.1. The largest absolute Gasteiger partial charge is 0.493 e. The van der Waals surface area contributed by atoms with Crippen LogP contribution in [0.4, 0.5) is 10.1 Å². The first-order valence-electron chi connectivity index (χ1n) is 8.81. The highest BCUT2D eigenvalue weighted by Crippen LogP contribution is 2.35. The fraction of sp³-hybridized carbons (Fsp3) is 0.250. The highest BCUT2D eigenvalue weighted by molar-refractivity contribution is 6.31. The molecule has 7 nitrogen and oxygen atoms in total. The van der Waals surface area contributed by atoms with Crippen LogP contribution in [0.1, 0.15) is 18.2 Å². The van der Waals surface area contributed by atoms with Gasteiger partial charge in [0.15, 0.2) is 17.3 Å². The van der Waals surface area contributed by atoms with Gasteiger partial charge >= 0.3 is 0 Å². The molecule has 1 aliphatic rings. The van der Waals surface area contributed by atoms with E-state index in [9.17, 15) is 9.18 Å². The lowest BCUT2D eigenvalue weighted by Crippen LogP contribution is -2.24. The standard InChI is InChI=1S/C20H17ClFN3O4/c1-27-16-6-3-11(7-17(16)28-2)20-23-19(24-29-20)12-8-18(26)25(10-12)13-4-5-15(22)14(21)9-13/h3-7,9,12H,8,10H2,1-2H3/t12-/m0/s1. The average Bonchev–Trinajstić information content (AvgIpc) is 3.36. The lowest BCUT2D eigenvalue weighted by Gasteiger charge is -2.16. The summed E-state index contributed by atoms with van der Waals surface area (Å²) >= 11 is 5.84. The van der Waals surface area contributed by atoms with Crippen LogP contribution in [0.3, 0.4) is 0 Å². The molecule has 1 aromatic heterocycles. The molecule has 4 rings (SSSR count). The Bertz CT molecular complexity index is 1070. The first-order valence-corrected chi connectivity index (χ1v) is 9.19. The third-order valence-electron chi connectivity index (χ3n) is 4.78. The van der Waals surface area contributed by atoms with Gasteiger partial charge in [0.05, 0.1) is 19.2 Å². The monoisotopic (exact) mass is 417 g/mol. The van der Waals surface area contributed by atoms with E-state index >= 15 is 0 Å². The average molecular weight is 418 g/mol. The van der Waals surface area contributed by atoms with Gasteiger partial charge in [0.1, 0.15) is 5.82 Å². The van der Waals surface area contributed by atoms with Crippen molar-refractivity contribution in [1.82, 2.24) is 10.1 Å². The summed E-state index contributed by atoms with van der Waals surface area (Å²) in [6.45, 7) is 0.353. The molecule has 29 heavy (non-hydrogen) atoms. The number of carbonyl (C=O) groups excluding carboxylic acids is 1. The van der Waals surface area contributed by atoms with Crippen LogP contribution in [0, 0.1) is 5.82 Å². The molecule has 3 aromatic rings. The number of methoxy groups -OCH3 is 2. The van der Waals surface area contributed by atoms with Gasteiger partial charge in [-0.2, -0.15) is 4.98 Å². The summed E-state index contributed by atoms with van der Waals surface area (Å²) < 4.78 is 29.3. The Balaban J connectivity index is 1.56. The summed E-state index contributed by atoms with van der Waals surface area (Å²) in [5.74, 6) is 0.983. The molecule has 1 atom stereocenters. The van der Waals surface area contributed by atoms with Gasteiger partial charge in [0, 0.05) is 30.1 Å². The topological polar surface area (TPSA) is 77.7 Å². The third-order valence-corrected chi connectivity index (χ3v) is 5.07. The maximum atomic E-state index is 13.4. The molecule has 1 aliphatic heterocycles. The predicted molar refractivity (Wildman–Crippen MR) is 104 cm³/mol. The van der Waals surface area contributed by atoms with Crippen molar-refractivity contribution in [2.75, 3.05) is 25.7 Å². The van der Waals surface area contributed by atoms with E-state index in [0.29, 0.717) is 41.0 Å². The number of benzene rings is 2. The predicted octanol–water partition coefficient (Wildman–Crippen LogP) is 4.07. The van der Waals surface area contributed by atoms with Gasteiger partial charge in [-0.05, 0) is 36.4 Å². The molecule has 0 unspecified atom stereocenters. The minimum Gasteiger partial charge on any atom is -0.493 e. The Morgan fingerprint density at radius 3 is 2.69 bits per heavy atom. The minimum absolute atomic E-state index is 0.0333. The number of carbonyl (C=O) groups is 1. The van der Waals surface area contributed by atoms with Crippen LogP contribution >= 0.6 is 11.6 Å². The molecule has 0 bridgehead atoms. The van der Waals surface area contributed by atoms with Crippen LogP contribution in [0.25, 0.3) is 11.5 Å². The Morgan fingerprint density at radius 1 is 1.17 bits per heavy atom. The number of hydrogen-bond acceptors (Lipinski definition) is 6. The molecule has 0 N–H and O–H groups in total. The summed E-state index contributed by atoms with van der Waals surface area (Å²) in [6, 6.07) is 9.46. The second-order valence-electron chi connectivity index (χ2n) is 6.53. The number of halogens is 2. The molecule has 0 spiro atoms. The van der Waals surface area contributed by atoms with Crippen LogP contribution < -0.4 is 14.4 Å². The van der Waals surface area contributed by atoms with Gasteiger partial charge in [-0.3, -0.25) is 4.79 Å². The second-order valence-corrected chi connectivity index (χ2v) is 6.94. The molecule has 1 saturated heterocycles. The normalized spacial score (nSPS) is 16.3. The van der Waals surface area contributed by atoms with Crippen molar-refractivity contribution in [2.45, 2.75) is 12.3 Å². The molecule has 150 valence electrons. The van der Waals surface area contributed by atoms with Crippen molar-refractivity contribution in [3.8, 4) is 23.0 Å². The van der Waals surface area contributed by atoms with Gasteiger partial charge in [0.2, 0.25) is 5.91 Å². The van der Waals surface area contributed by atoms with Gasteiger partial charge in [-0.1, -0.05) is 16.8 Å². The van der Waals surface area contributed by atoms with Crippen molar-refractivity contribution in [3.05, 3.63) is 53.1 Å². The van der Waals surface area contributed by atoms with E-state index in [1.807, 2.05) is 0 Å². The number of aromatic nitrogens is 2. The van der Waals surface area contributed by atoms with Crippen LogP contribution in [0.5, 0.6) is 11.5 Å². The van der Waals surface area contributed by atoms with Gasteiger partial charge in [-0.15, -0.1) is 0 Å². The van der Waals surface area contributed by atoms with E-state index in [1.54, 1.807) is 37.3 Å². The van der Waals surface area contributed by atoms with Crippen molar-refractivity contribution < 1.29 is 23.2 Å². The summed E-state index contributed by atoms with van der Waals surface area (Å²) in [5.41, 5.74) is 1.21. The first-order chi connectivity index (χ1) is 14.0. The molecule has 0 radical (unpaired) electrons. The van der Waals surface area contributed by atoms with Crippen molar-refractivity contribution >= 4 is 23.2 Å². The molecular weight excluding hydrogens is 401 g/mol. The molecular formula is C20H17ClFN3O4. The van der Waals surface area contributed by atoms with E-state index in [-0.39, 0.29) is 23.3 Å². The quantitative estimate of drug-likeness (QED) is 0.622.